The summed E-state index contributed by atoms with van der Waals surface area (Å²) in [5.74, 6) is 0.893. The van der Waals surface area contributed by atoms with Crippen molar-refractivity contribution in [2.45, 2.75) is 38.8 Å². The Kier molecular flexibility index (Phi) is 4.31. The molecule has 8 heteroatoms. The van der Waals surface area contributed by atoms with E-state index in [9.17, 15) is 8.42 Å². The molecule has 0 aromatic carbocycles. The summed E-state index contributed by atoms with van der Waals surface area (Å²) in [7, 11) is -3.27. The minimum atomic E-state index is -3.27. The van der Waals surface area contributed by atoms with E-state index >= 15 is 0 Å². The average Bonchev–Trinajstić information content (AvgIpc) is 3.04. The number of aryl methyl sites for hydroxylation is 1. The van der Waals surface area contributed by atoms with E-state index in [0.29, 0.717) is 18.3 Å². The first-order valence-electron chi connectivity index (χ1n) is 6.05. The van der Waals surface area contributed by atoms with E-state index < -0.39 is 10.0 Å². The van der Waals surface area contributed by atoms with Gasteiger partial charge in [-0.2, -0.15) is 4.98 Å². The predicted octanol–water partition coefficient (Wildman–Crippen LogP) is -0.0605. The summed E-state index contributed by atoms with van der Waals surface area (Å²) < 4.78 is 30.5. The minimum Gasteiger partial charge on any atom is -0.338 e. The van der Waals surface area contributed by atoms with Crippen LogP contribution in [0.4, 0.5) is 0 Å². The molecule has 1 fully saturated rings. The molecular formula is C10H18N4O3S. The number of sulfonamides is 1. The SMILES string of the molecule is Cc1noc(CNS(=O)(=O)CCCNC2CC2)n1. The van der Waals surface area contributed by atoms with Crippen LogP contribution in [0.15, 0.2) is 4.52 Å². The summed E-state index contributed by atoms with van der Waals surface area (Å²) in [5.41, 5.74) is 0. The molecular weight excluding hydrogens is 256 g/mol. The lowest BCUT2D eigenvalue weighted by atomic mass is 10.5. The van der Waals surface area contributed by atoms with Gasteiger partial charge in [-0.05, 0) is 32.7 Å². The van der Waals surface area contributed by atoms with Gasteiger partial charge in [-0.1, -0.05) is 5.16 Å². The molecule has 0 radical (unpaired) electrons. The fraction of sp³-hybridized carbons (Fsp3) is 0.800. The molecule has 0 aliphatic heterocycles. The lowest BCUT2D eigenvalue weighted by Crippen LogP contribution is -2.28. The third-order valence-electron chi connectivity index (χ3n) is 2.61. The van der Waals surface area contributed by atoms with Crippen molar-refractivity contribution in [2.24, 2.45) is 0 Å². The van der Waals surface area contributed by atoms with E-state index in [4.69, 9.17) is 4.52 Å². The zero-order valence-electron chi connectivity index (χ0n) is 10.3. The first-order chi connectivity index (χ1) is 8.55. The Morgan fingerprint density at radius 2 is 2.22 bits per heavy atom. The smallest absolute Gasteiger partial charge is 0.241 e. The van der Waals surface area contributed by atoms with Crippen molar-refractivity contribution in [3.05, 3.63) is 11.7 Å². The summed E-state index contributed by atoms with van der Waals surface area (Å²) in [6, 6.07) is 0.613. The summed E-state index contributed by atoms with van der Waals surface area (Å²) in [6.45, 7) is 2.48. The molecule has 1 heterocycles. The van der Waals surface area contributed by atoms with Crippen molar-refractivity contribution in [1.29, 1.82) is 0 Å². The van der Waals surface area contributed by atoms with Crippen molar-refractivity contribution in [3.63, 3.8) is 0 Å². The maximum atomic E-state index is 11.6. The highest BCUT2D eigenvalue weighted by atomic mass is 32.2. The fourth-order valence-corrected chi connectivity index (χ4v) is 2.52. The molecule has 1 aromatic heterocycles. The average molecular weight is 274 g/mol. The van der Waals surface area contributed by atoms with Crippen molar-refractivity contribution in [3.8, 4) is 0 Å². The highest BCUT2D eigenvalue weighted by Gasteiger charge is 2.20. The predicted molar refractivity (Wildman–Crippen MR) is 65.3 cm³/mol. The van der Waals surface area contributed by atoms with Crippen LogP contribution in [0.25, 0.3) is 0 Å². The lowest BCUT2D eigenvalue weighted by Gasteiger charge is -2.05. The van der Waals surface area contributed by atoms with Crippen molar-refractivity contribution in [1.82, 2.24) is 20.2 Å². The van der Waals surface area contributed by atoms with Crippen LogP contribution in [0.1, 0.15) is 31.0 Å². The van der Waals surface area contributed by atoms with Crippen LogP contribution in [-0.4, -0.2) is 36.9 Å². The maximum Gasteiger partial charge on any atom is 0.241 e. The number of hydrogen-bond acceptors (Lipinski definition) is 6. The van der Waals surface area contributed by atoms with E-state index in [0.717, 1.165) is 6.54 Å². The number of nitrogens with one attached hydrogen (secondary N) is 2. The van der Waals surface area contributed by atoms with Crippen LogP contribution in [0.2, 0.25) is 0 Å². The van der Waals surface area contributed by atoms with E-state index in [1.54, 1.807) is 6.92 Å². The summed E-state index contributed by atoms with van der Waals surface area (Å²) in [5, 5.41) is 6.86. The van der Waals surface area contributed by atoms with Gasteiger partial charge < -0.3 is 9.84 Å². The Labute approximate surface area is 106 Å². The fourth-order valence-electron chi connectivity index (χ4n) is 1.51. The van der Waals surface area contributed by atoms with Gasteiger partial charge in [-0.3, -0.25) is 0 Å². The Morgan fingerprint density at radius 3 is 2.83 bits per heavy atom. The molecule has 0 atom stereocenters. The molecule has 1 aliphatic rings. The Bertz CT molecular complexity index is 481. The zero-order valence-corrected chi connectivity index (χ0v) is 11.2. The van der Waals surface area contributed by atoms with Gasteiger partial charge in [0.05, 0.1) is 12.3 Å². The van der Waals surface area contributed by atoms with E-state index in [1.165, 1.54) is 12.8 Å². The second-order valence-corrected chi connectivity index (χ2v) is 6.38. The van der Waals surface area contributed by atoms with Crippen LogP contribution < -0.4 is 10.0 Å². The van der Waals surface area contributed by atoms with Crippen LogP contribution in [0.5, 0.6) is 0 Å². The zero-order chi connectivity index (χ0) is 13.0. The summed E-state index contributed by atoms with van der Waals surface area (Å²) >= 11 is 0. The van der Waals surface area contributed by atoms with E-state index in [2.05, 4.69) is 20.2 Å². The van der Waals surface area contributed by atoms with Gasteiger partial charge in [-0.25, -0.2) is 13.1 Å². The Hall–Kier alpha value is -0.990. The molecule has 1 aliphatic carbocycles. The molecule has 1 saturated carbocycles. The van der Waals surface area contributed by atoms with Crippen molar-refractivity contribution in [2.75, 3.05) is 12.3 Å². The number of nitrogens with zero attached hydrogens (tertiary/aromatic N) is 2. The maximum absolute atomic E-state index is 11.6. The Morgan fingerprint density at radius 1 is 1.44 bits per heavy atom. The third kappa shape index (κ3) is 4.71. The summed E-state index contributed by atoms with van der Waals surface area (Å²) in [6.07, 6.45) is 3.03. The van der Waals surface area contributed by atoms with Gasteiger partial charge >= 0.3 is 0 Å². The molecule has 2 N–H and O–H groups in total. The van der Waals surface area contributed by atoms with Crippen LogP contribution in [0, 0.1) is 6.92 Å². The van der Waals surface area contributed by atoms with Crippen LogP contribution in [-0.2, 0) is 16.6 Å². The van der Waals surface area contributed by atoms with E-state index in [-0.39, 0.29) is 18.2 Å². The van der Waals surface area contributed by atoms with Crippen molar-refractivity contribution < 1.29 is 12.9 Å². The lowest BCUT2D eigenvalue weighted by molar-refractivity contribution is 0.372. The van der Waals surface area contributed by atoms with Gasteiger partial charge in [0.2, 0.25) is 15.9 Å². The largest absolute Gasteiger partial charge is 0.338 e. The van der Waals surface area contributed by atoms with Gasteiger partial charge in [0.1, 0.15) is 0 Å². The van der Waals surface area contributed by atoms with Gasteiger partial charge in [0, 0.05) is 6.04 Å². The standard InChI is InChI=1S/C10H18N4O3S/c1-8-13-10(17-14-8)7-12-18(15,16)6-2-5-11-9-3-4-9/h9,11-12H,2-7H2,1H3. The number of rotatable bonds is 8. The molecule has 0 bridgehead atoms. The molecule has 102 valence electrons. The number of hydrogen-bond donors (Lipinski definition) is 2. The monoisotopic (exact) mass is 274 g/mol. The molecule has 0 spiro atoms. The minimum absolute atomic E-state index is 0.0548. The highest BCUT2D eigenvalue weighted by Crippen LogP contribution is 2.18. The molecule has 0 amide bonds. The molecule has 7 nitrogen and oxygen atoms in total. The normalized spacial score (nSPS) is 16.1. The van der Waals surface area contributed by atoms with Gasteiger partial charge in [-0.15, -0.1) is 0 Å². The molecule has 2 rings (SSSR count). The van der Waals surface area contributed by atoms with E-state index in [1.807, 2.05) is 0 Å². The van der Waals surface area contributed by atoms with Gasteiger partial charge in [0.25, 0.3) is 0 Å². The topological polar surface area (TPSA) is 97.1 Å². The highest BCUT2D eigenvalue weighted by molar-refractivity contribution is 7.89. The second-order valence-electron chi connectivity index (χ2n) is 4.46. The molecule has 18 heavy (non-hydrogen) atoms. The third-order valence-corrected chi connectivity index (χ3v) is 4.02. The first-order valence-corrected chi connectivity index (χ1v) is 7.70. The van der Waals surface area contributed by atoms with Crippen LogP contribution in [0.3, 0.4) is 0 Å². The van der Waals surface area contributed by atoms with Gasteiger partial charge in [0.15, 0.2) is 5.82 Å². The quantitative estimate of drug-likeness (QED) is 0.645. The van der Waals surface area contributed by atoms with Crippen LogP contribution >= 0.6 is 0 Å². The molecule has 0 saturated heterocycles. The number of aromatic nitrogens is 2. The Balaban J connectivity index is 1.66. The molecule has 0 unspecified atom stereocenters. The summed E-state index contributed by atoms with van der Waals surface area (Å²) in [4.78, 5) is 3.92. The second kappa shape index (κ2) is 5.77. The molecule has 1 aromatic rings. The van der Waals surface area contributed by atoms with Crippen molar-refractivity contribution >= 4 is 10.0 Å². The first kappa shape index (κ1) is 13.4.